The third-order valence-corrected chi connectivity index (χ3v) is 8.66. The van der Waals surface area contributed by atoms with Gasteiger partial charge in [-0.1, -0.05) is 6.42 Å². The van der Waals surface area contributed by atoms with Crippen molar-refractivity contribution in [2.75, 3.05) is 6.54 Å². The van der Waals surface area contributed by atoms with E-state index in [1.54, 1.807) is 10.4 Å². The van der Waals surface area contributed by atoms with Gasteiger partial charge in [0.25, 0.3) is 10.0 Å². The summed E-state index contributed by atoms with van der Waals surface area (Å²) in [7, 11) is -3.33. The molecule has 0 radical (unpaired) electrons. The first-order valence-corrected chi connectivity index (χ1v) is 10.0. The standard InChI is InChI=1S/C14H20ClNO2S2/c1-10-8-14(19-13(10)9-15)20(17,18)16-7-3-5-11-4-2-6-12(11)16/h8,11-12H,2-7,9H2,1H3. The fourth-order valence-corrected chi connectivity index (χ4v) is 7.27. The van der Waals surface area contributed by atoms with Crippen LogP contribution in [-0.4, -0.2) is 25.3 Å². The van der Waals surface area contributed by atoms with Crippen LogP contribution in [0.1, 0.15) is 42.5 Å². The van der Waals surface area contributed by atoms with Crippen LogP contribution in [-0.2, 0) is 15.9 Å². The lowest BCUT2D eigenvalue weighted by Gasteiger charge is -2.36. The van der Waals surface area contributed by atoms with Gasteiger partial charge in [-0.2, -0.15) is 4.31 Å². The average molecular weight is 334 g/mol. The molecule has 2 atom stereocenters. The Morgan fingerprint density at radius 3 is 2.80 bits per heavy atom. The number of fused-ring (bicyclic) bond motifs is 1. The fraction of sp³-hybridized carbons (Fsp3) is 0.714. The Labute approximate surface area is 130 Å². The quantitative estimate of drug-likeness (QED) is 0.790. The van der Waals surface area contributed by atoms with Gasteiger partial charge in [0.15, 0.2) is 0 Å². The second kappa shape index (κ2) is 5.59. The maximum absolute atomic E-state index is 12.9. The van der Waals surface area contributed by atoms with Crippen LogP contribution in [0.4, 0.5) is 0 Å². The van der Waals surface area contributed by atoms with E-state index >= 15 is 0 Å². The Morgan fingerprint density at radius 1 is 1.35 bits per heavy atom. The molecule has 3 rings (SSSR count). The summed E-state index contributed by atoms with van der Waals surface area (Å²) in [4.78, 5) is 0.963. The number of alkyl halides is 1. The van der Waals surface area contributed by atoms with E-state index in [4.69, 9.17) is 11.6 Å². The highest BCUT2D eigenvalue weighted by atomic mass is 35.5. The fourth-order valence-electron chi connectivity index (χ4n) is 3.57. The first-order valence-electron chi connectivity index (χ1n) is 7.21. The lowest BCUT2D eigenvalue weighted by molar-refractivity contribution is 0.202. The lowest BCUT2D eigenvalue weighted by Crippen LogP contribution is -2.45. The van der Waals surface area contributed by atoms with Crippen LogP contribution in [0.2, 0.25) is 0 Å². The molecular formula is C14H20ClNO2S2. The molecule has 1 aliphatic heterocycles. The van der Waals surface area contributed by atoms with Crippen molar-refractivity contribution in [3.05, 3.63) is 16.5 Å². The number of piperidine rings is 1. The SMILES string of the molecule is Cc1cc(S(=O)(=O)N2CCCC3CCCC32)sc1CCl. The van der Waals surface area contributed by atoms with E-state index in [-0.39, 0.29) is 6.04 Å². The number of nitrogens with zero attached hydrogens (tertiary/aromatic N) is 1. The zero-order valence-electron chi connectivity index (χ0n) is 11.6. The molecule has 1 aliphatic carbocycles. The van der Waals surface area contributed by atoms with Crippen molar-refractivity contribution in [3.8, 4) is 0 Å². The molecule has 1 saturated heterocycles. The van der Waals surface area contributed by atoms with E-state index in [9.17, 15) is 8.42 Å². The van der Waals surface area contributed by atoms with Crippen molar-refractivity contribution in [1.82, 2.24) is 4.31 Å². The predicted molar refractivity (Wildman–Crippen MR) is 82.9 cm³/mol. The molecule has 0 spiro atoms. The molecule has 0 aromatic carbocycles. The van der Waals surface area contributed by atoms with Gasteiger partial charge in [-0.3, -0.25) is 0 Å². The molecule has 2 unspecified atom stereocenters. The van der Waals surface area contributed by atoms with Gasteiger partial charge in [0.1, 0.15) is 4.21 Å². The molecule has 0 amide bonds. The van der Waals surface area contributed by atoms with Crippen molar-refractivity contribution < 1.29 is 8.42 Å². The van der Waals surface area contributed by atoms with Crippen LogP contribution in [0, 0.1) is 12.8 Å². The molecule has 0 bridgehead atoms. The van der Waals surface area contributed by atoms with Gasteiger partial charge in [0, 0.05) is 17.5 Å². The summed E-state index contributed by atoms with van der Waals surface area (Å²) < 4.78 is 28.1. The first kappa shape index (κ1) is 14.8. The van der Waals surface area contributed by atoms with Crippen LogP contribution in [0.5, 0.6) is 0 Å². The molecule has 2 fully saturated rings. The molecule has 6 heteroatoms. The maximum atomic E-state index is 12.9. The van der Waals surface area contributed by atoms with Gasteiger partial charge >= 0.3 is 0 Å². The average Bonchev–Trinajstić information content (AvgIpc) is 3.04. The van der Waals surface area contributed by atoms with Gasteiger partial charge in [-0.15, -0.1) is 22.9 Å². The highest BCUT2D eigenvalue weighted by Gasteiger charge is 2.41. The summed E-state index contributed by atoms with van der Waals surface area (Å²) in [5, 5.41) is 0. The molecule has 1 saturated carbocycles. The smallest absolute Gasteiger partial charge is 0.206 e. The van der Waals surface area contributed by atoms with Gasteiger partial charge in [-0.25, -0.2) is 8.42 Å². The van der Waals surface area contributed by atoms with E-state index in [0.29, 0.717) is 22.6 Å². The molecular weight excluding hydrogens is 314 g/mol. The number of thiophene rings is 1. The van der Waals surface area contributed by atoms with Crippen LogP contribution < -0.4 is 0 Å². The number of sulfonamides is 1. The second-order valence-electron chi connectivity index (χ2n) is 5.82. The molecule has 1 aromatic rings. The van der Waals surface area contributed by atoms with Gasteiger partial charge in [0.05, 0.1) is 5.88 Å². The summed E-state index contributed by atoms with van der Waals surface area (Å²) in [6.45, 7) is 2.61. The number of hydrogen-bond donors (Lipinski definition) is 0. The van der Waals surface area contributed by atoms with Gasteiger partial charge in [-0.05, 0) is 50.2 Å². The zero-order valence-corrected chi connectivity index (χ0v) is 14.0. The Bertz CT molecular complexity index is 596. The topological polar surface area (TPSA) is 37.4 Å². The Balaban J connectivity index is 1.94. The van der Waals surface area contributed by atoms with E-state index in [0.717, 1.165) is 29.7 Å². The maximum Gasteiger partial charge on any atom is 0.252 e. The van der Waals surface area contributed by atoms with Crippen LogP contribution in [0.25, 0.3) is 0 Å². The number of aryl methyl sites for hydroxylation is 1. The summed E-state index contributed by atoms with van der Waals surface area (Å²) in [6.07, 6.45) is 5.56. The minimum atomic E-state index is -3.33. The van der Waals surface area contributed by atoms with Crippen molar-refractivity contribution in [2.24, 2.45) is 5.92 Å². The summed E-state index contributed by atoms with van der Waals surface area (Å²) in [5.74, 6) is 0.963. The second-order valence-corrected chi connectivity index (χ2v) is 9.34. The van der Waals surface area contributed by atoms with Gasteiger partial charge in [0.2, 0.25) is 0 Å². The Morgan fingerprint density at radius 2 is 2.10 bits per heavy atom. The monoisotopic (exact) mass is 333 g/mol. The van der Waals surface area contributed by atoms with Gasteiger partial charge < -0.3 is 0 Å². The van der Waals surface area contributed by atoms with E-state index in [1.165, 1.54) is 24.2 Å². The third-order valence-electron chi connectivity index (χ3n) is 4.62. The molecule has 0 N–H and O–H groups in total. The first-order chi connectivity index (χ1) is 9.54. The predicted octanol–water partition coefficient (Wildman–Crippen LogP) is 3.75. The molecule has 20 heavy (non-hydrogen) atoms. The normalized spacial score (nSPS) is 27.7. The number of halogens is 1. The molecule has 2 aliphatic rings. The Kier molecular flexibility index (Phi) is 4.15. The van der Waals surface area contributed by atoms with E-state index in [1.807, 2.05) is 6.92 Å². The van der Waals surface area contributed by atoms with E-state index < -0.39 is 10.0 Å². The molecule has 2 heterocycles. The number of hydrogen-bond acceptors (Lipinski definition) is 3. The molecule has 3 nitrogen and oxygen atoms in total. The summed E-state index contributed by atoms with van der Waals surface area (Å²) >= 11 is 7.21. The lowest BCUT2D eigenvalue weighted by atomic mass is 9.94. The summed E-state index contributed by atoms with van der Waals surface area (Å²) in [6, 6.07) is 2.02. The summed E-state index contributed by atoms with van der Waals surface area (Å²) in [5.41, 5.74) is 0.989. The van der Waals surface area contributed by atoms with Crippen molar-refractivity contribution in [1.29, 1.82) is 0 Å². The Hall–Kier alpha value is -0.100. The highest BCUT2D eigenvalue weighted by molar-refractivity contribution is 7.91. The van der Waals surface area contributed by atoms with Crippen LogP contribution in [0.3, 0.4) is 0 Å². The zero-order chi connectivity index (χ0) is 14.3. The third kappa shape index (κ3) is 2.43. The number of rotatable bonds is 3. The molecule has 112 valence electrons. The van der Waals surface area contributed by atoms with Crippen LogP contribution in [0.15, 0.2) is 10.3 Å². The van der Waals surface area contributed by atoms with Crippen molar-refractivity contribution in [2.45, 2.75) is 55.2 Å². The van der Waals surface area contributed by atoms with Crippen molar-refractivity contribution >= 4 is 33.0 Å². The minimum Gasteiger partial charge on any atom is -0.206 e. The molecule has 1 aromatic heterocycles. The highest BCUT2D eigenvalue weighted by Crippen LogP contribution is 2.40. The largest absolute Gasteiger partial charge is 0.252 e. The minimum absolute atomic E-state index is 0.232. The van der Waals surface area contributed by atoms with E-state index in [2.05, 4.69) is 0 Å². The van der Waals surface area contributed by atoms with Crippen LogP contribution >= 0.6 is 22.9 Å². The van der Waals surface area contributed by atoms with Crippen molar-refractivity contribution in [3.63, 3.8) is 0 Å².